The van der Waals surface area contributed by atoms with Gasteiger partial charge in [0.05, 0.1) is 17.1 Å². The van der Waals surface area contributed by atoms with Gasteiger partial charge in [0, 0.05) is 18.2 Å². The Labute approximate surface area is 201 Å². The second-order valence-corrected chi connectivity index (χ2v) is 11.5. The molecule has 3 N–H and O–H groups in total. The van der Waals surface area contributed by atoms with Crippen molar-refractivity contribution in [2.75, 3.05) is 13.1 Å². The highest BCUT2D eigenvalue weighted by Crippen LogP contribution is 2.66. The fraction of sp³-hybridized carbons (Fsp3) is 0.586. The first-order valence-corrected chi connectivity index (χ1v) is 13.2. The van der Waals surface area contributed by atoms with E-state index in [1.165, 1.54) is 29.5 Å². The molecule has 1 saturated heterocycles. The van der Waals surface area contributed by atoms with E-state index >= 15 is 0 Å². The standard InChI is InChI=1S/C29H35NO4/c31-22-11-12-29(33)24-16-21-20(8-4-7-18-5-2-1-3-6-18)15-23(32)26-25(21)28(29,27(22)34-26)13-14-30(24)17-19-9-10-19/h1-3,5-6,15,19,22,24,27,31-33H,4,7-14,16-17H2/t22-,24?,27+,28+,29?/m1/s1. The lowest BCUT2D eigenvalue weighted by Gasteiger charge is -2.64. The second-order valence-electron chi connectivity index (χ2n) is 11.5. The highest BCUT2D eigenvalue weighted by Gasteiger charge is 2.73. The predicted molar refractivity (Wildman–Crippen MR) is 129 cm³/mol. The van der Waals surface area contributed by atoms with Crippen LogP contribution in [-0.2, 0) is 24.7 Å². The molecule has 1 spiro atoms. The Morgan fingerprint density at radius 1 is 1.06 bits per heavy atom. The molecule has 2 aromatic rings. The molecule has 3 fully saturated rings. The summed E-state index contributed by atoms with van der Waals surface area (Å²) in [5.41, 5.74) is 3.28. The van der Waals surface area contributed by atoms with Gasteiger partial charge < -0.3 is 20.1 Å². The van der Waals surface area contributed by atoms with Gasteiger partial charge in [-0.25, -0.2) is 0 Å². The molecular weight excluding hydrogens is 426 g/mol. The summed E-state index contributed by atoms with van der Waals surface area (Å²) < 4.78 is 6.37. The van der Waals surface area contributed by atoms with Gasteiger partial charge >= 0.3 is 0 Å². The molecule has 2 aliphatic heterocycles. The molecule has 180 valence electrons. The van der Waals surface area contributed by atoms with Crippen LogP contribution in [0.5, 0.6) is 11.5 Å². The van der Waals surface area contributed by atoms with Gasteiger partial charge in [-0.15, -0.1) is 0 Å². The first-order chi connectivity index (χ1) is 16.5. The highest BCUT2D eigenvalue weighted by molar-refractivity contribution is 5.65. The number of piperidine rings is 1. The van der Waals surface area contributed by atoms with Crippen LogP contribution in [0.15, 0.2) is 36.4 Å². The van der Waals surface area contributed by atoms with E-state index in [1.807, 2.05) is 12.1 Å². The van der Waals surface area contributed by atoms with E-state index in [2.05, 4.69) is 29.2 Å². The van der Waals surface area contributed by atoms with Crippen LogP contribution in [0.3, 0.4) is 0 Å². The Bertz CT molecular complexity index is 1110. The molecule has 2 aromatic carbocycles. The van der Waals surface area contributed by atoms with Crippen LogP contribution in [0.1, 0.15) is 60.8 Å². The molecule has 5 nitrogen and oxygen atoms in total. The Hall–Kier alpha value is -2.08. The van der Waals surface area contributed by atoms with Crippen LogP contribution < -0.4 is 4.74 Å². The van der Waals surface area contributed by atoms with E-state index in [9.17, 15) is 15.3 Å². The summed E-state index contributed by atoms with van der Waals surface area (Å²) in [5.74, 6) is 1.47. The minimum Gasteiger partial charge on any atom is -0.504 e. The van der Waals surface area contributed by atoms with Crippen molar-refractivity contribution in [2.45, 2.75) is 87.1 Å². The smallest absolute Gasteiger partial charge is 0.165 e. The molecule has 34 heavy (non-hydrogen) atoms. The summed E-state index contributed by atoms with van der Waals surface area (Å²) in [4.78, 5) is 2.55. The van der Waals surface area contributed by atoms with Gasteiger partial charge in [0.25, 0.3) is 0 Å². The third kappa shape index (κ3) is 2.84. The zero-order chi connectivity index (χ0) is 23.1. The minimum atomic E-state index is -0.919. The average Bonchev–Trinajstić information content (AvgIpc) is 3.57. The normalized spacial score (nSPS) is 35.6. The maximum Gasteiger partial charge on any atom is 0.165 e. The SMILES string of the molecule is Oc1cc(CCCc2ccccc2)c2c3c1O[C@H]1[C@H](O)CCC4(O)C(C2)N(CC2CC2)CC[C@]314. The van der Waals surface area contributed by atoms with E-state index in [1.54, 1.807) is 0 Å². The largest absolute Gasteiger partial charge is 0.504 e. The van der Waals surface area contributed by atoms with Crippen LogP contribution in [0.25, 0.3) is 0 Å². The van der Waals surface area contributed by atoms with Crippen molar-refractivity contribution in [1.29, 1.82) is 0 Å². The number of aromatic hydroxyl groups is 1. The van der Waals surface area contributed by atoms with Crippen LogP contribution in [0, 0.1) is 5.92 Å². The first kappa shape index (κ1) is 21.2. The highest BCUT2D eigenvalue weighted by atomic mass is 16.5. The molecule has 5 heteroatoms. The lowest BCUT2D eigenvalue weighted by Crippen LogP contribution is -2.77. The van der Waals surface area contributed by atoms with Crippen molar-refractivity contribution in [3.8, 4) is 11.5 Å². The van der Waals surface area contributed by atoms with Crippen LogP contribution in [0.2, 0.25) is 0 Å². The maximum atomic E-state index is 12.4. The Morgan fingerprint density at radius 2 is 1.88 bits per heavy atom. The summed E-state index contributed by atoms with van der Waals surface area (Å²) in [5, 5.41) is 34.5. The Balaban J connectivity index is 1.30. The van der Waals surface area contributed by atoms with Gasteiger partial charge in [-0.2, -0.15) is 0 Å². The number of aliphatic hydroxyl groups excluding tert-OH is 1. The molecule has 5 atom stereocenters. The Morgan fingerprint density at radius 3 is 2.68 bits per heavy atom. The number of aryl methyl sites for hydroxylation is 2. The zero-order valence-corrected chi connectivity index (χ0v) is 19.7. The number of benzene rings is 2. The number of phenols is 1. The van der Waals surface area contributed by atoms with E-state index in [-0.39, 0.29) is 11.8 Å². The number of hydrogen-bond acceptors (Lipinski definition) is 5. The molecule has 3 aliphatic carbocycles. The number of nitrogens with zero attached hydrogens (tertiary/aromatic N) is 1. The van der Waals surface area contributed by atoms with Gasteiger partial charge in [0.15, 0.2) is 11.5 Å². The number of ether oxygens (including phenoxy) is 1. The quantitative estimate of drug-likeness (QED) is 0.614. The summed E-state index contributed by atoms with van der Waals surface area (Å²) in [6.07, 6.45) is 7.14. The van der Waals surface area contributed by atoms with Crippen LogP contribution in [-0.4, -0.2) is 57.2 Å². The fourth-order valence-electron chi connectivity index (χ4n) is 7.97. The third-order valence-corrected chi connectivity index (χ3v) is 9.71. The average molecular weight is 462 g/mol. The molecule has 2 bridgehead atoms. The molecule has 2 saturated carbocycles. The molecule has 5 aliphatic rings. The second kappa shape index (κ2) is 7.46. The molecule has 7 rings (SSSR count). The van der Waals surface area contributed by atoms with Crippen LogP contribution >= 0.6 is 0 Å². The number of rotatable bonds is 6. The van der Waals surface area contributed by atoms with E-state index in [4.69, 9.17) is 4.74 Å². The van der Waals surface area contributed by atoms with Crippen LogP contribution in [0.4, 0.5) is 0 Å². The fourth-order valence-corrected chi connectivity index (χ4v) is 7.97. The van der Waals surface area contributed by atoms with E-state index < -0.39 is 23.2 Å². The van der Waals surface area contributed by atoms with Gasteiger partial charge in [0.2, 0.25) is 0 Å². The van der Waals surface area contributed by atoms with E-state index in [0.29, 0.717) is 18.6 Å². The van der Waals surface area contributed by atoms with Crippen molar-refractivity contribution in [1.82, 2.24) is 4.90 Å². The number of likely N-dealkylation sites (tertiary alicyclic amines) is 1. The molecular formula is C29H35NO4. The molecule has 0 amide bonds. The van der Waals surface area contributed by atoms with Crippen molar-refractivity contribution < 1.29 is 20.1 Å². The number of hydrogen-bond donors (Lipinski definition) is 3. The van der Waals surface area contributed by atoms with Crippen molar-refractivity contribution in [3.05, 3.63) is 58.7 Å². The van der Waals surface area contributed by atoms with Gasteiger partial charge in [-0.1, -0.05) is 30.3 Å². The number of phenolic OH excluding ortho intramolecular Hbond substituents is 1. The van der Waals surface area contributed by atoms with Gasteiger partial charge in [-0.05, 0) is 93.0 Å². The van der Waals surface area contributed by atoms with Gasteiger partial charge in [0.1, 0.15) is 6.10 Å². The summed E-state index contributed by atoms with van der Waals surface area (Å²) in [6, 6.07) is 12.5. The van der Waals surface area contributed by atoms with Crippen molar-refractivity contribution in [2.24, 2.45) is 5.92 Å². The van der Waals surface area contributed by atoms with E-state index in [0.717, 1.165) is 56.7 Å². The molecule has 0 aromatic heterocycles. The minimum absolute atomic E-state index is 0.0521. The third-order valence-electron chi connectivity index (χ3n) is 9.71. The molecule has 2 unspecified atom stereocenters. The topological polar surface area (TPSA) is 73.2 Å². The Kier molecular flexibility index (Phi) is 4.66. The lowest BCUT2D eigenvalue weighted by molar-refractivity contribution is -0.208. The lowest BCUT2D eigenvalue weighted by atomic mass is 9.48. The van der Waals surface area contributed by atoms with Crippen molar-refractivity contribution >= 4 is 0 Å². The monoisotopic (exact) mass is 461 g/mol. The van der Waals surface area contributed by atoms with Gasteiger partial charge in [-0.3, -0.25) is 4.90 Å². The summed E-state index contributed by atoms with van der Waals surface area (Å²) in [7, 11) is 0. The zero-order valence-electron chi connectivity index (χ0n) is 19.7. The first-order valence-electron chi connectivity index (χ1n) is 13.2. The molecule has 0 radical (unpaired) electrons. The van der Waals surface area contributed by atoms with Crippen molar-refractivity contribution in [3.63, 3.8) is 0 Å². The predicted octanol–water partition coefficient (Wildman–Crippen LogP) is 3.49. The maximum absolute atomic E-state index is 12.4. The summed E-state index contributed by atoms with van der Waals surface area (Å²) in [6.45, 7) is 1.99. The number of aliphatic hydroxyl groups is 2. The molecule has 2 heterocycles. The summed E-state index contributed by atoms with van der Waals surface area (Å²) >= 11 is 0.